The lowest BCUT2D eigenvalue weighted by molar-refractivity contribution is 0.0614. The zero-order valence-corrected chi connectivity index (χ0v) is 11.3. The standard InChI is InChI=1S/C14H28N2/c1-4-9-15-13-6-5-10-16(11-13)14(2,3)12-7-8-12/h12-13,15H,4-11H2,1-3H3. The molecule has 0 aromatic rings. The second-order valence-electron chi connectivity index (χ2n) is 6.17. The van der Waals surface area contributed by atoms with Gasteiger partial charge in [-0.1, -0.05) is 6.92 Å². The molecule has 0 aromatic heterocycles. The largest absolute Gasteiger partial charge is 0.313 e. The summed E-state index contributed by atoms with van der Waals surface area (Å²) < 4.78 is 0. The van der Waals surface area contributed by atoms with Gasteiger partial charge in [0.15, 0.2) is 0 Å². The Hall–Kier alpha value is -0.0800. The van der Waals surface area contributed by atoms with Crippen molar-refractivity contribution in [3.8, 4) is 0 Å². The third-order valence-corrected chi connectivity index (χ3v) is 4.50. The monoisotopic (exact) mass is 224 g/mol. The summed E-state index contributed by atoms with van der Waals surface area (Å²) in [7, 11) is 0. The van der Waals surface area contributed by atoms with Crippen molar-refractivity contribution in [1.29, 1.82) is 0 Å². The first-order chi connectivity index (χ1) is 7.64. The molecule has 1 aliphatic carbocycles. The molecule has 1 N–H and O–H groups in total. The Bertz CT molecular complexity index is 221. The average molecular weight is 224 g/mol. The summed E-state index contributed by atoms with van der Waals surface area (Å²) in [5, 5.41) is 3.69. The Morgan fingerprint density at radius 2 is 2.00 bits per heavy atom. The summed E-state index contributed by atoms with van der Waals surface area (Å²) in [5.74, 6) is 0.970. The van der Waals surface area contributed by atoms with Gasteiger partial charge in [0, 0.05) is 18.1 Å². The fourth-order valence-electron chi connectivity index (χ4n) is 3.06. The molecule has 2 rings (SSSR count). The molecule has 0 amide bonds. The minimum Gasteiger partial charge on any atom is -0.313 e. The van der Waals surface area contributed by atoms with Crippen LogP contribution in [-0.4, -0.2) is 36.1 Å². The van der Waals surface area contributed by atoms with Crippen LogP contribution in [0.5, 0.6) is 0 Å². The van der Waals surface area contributed by atoms with Crippen molar-refractivity contribution in [2.24, 2.45) is 5.92 Å². The predicted octanol–water partition coefficient (Wildman–Crippen LogP) is 2.64. The Kier molecular flexibility index (Phi) is 3.91. The number of rotatable bonds is 5. The van der Waals surface area contributed by atoms with Gasteiger partial charge >= 0.3 is 0 Å². The predicted molar refractivity (Wildman–Crippen MR) is 69.7 cm³/mol. The van der Waals surface area contributed by atoms with E-state index in [0.29, 0.717) is 5.54 Å². The van der Waals surface area contributed by atoms with Crippen molar-refractivity contribution >= 4 is 0 Å². The molecule has 0 aromatic carbocycles. The molecule has 2 aliphatic rings. The lowest BCUT2D eigenvalue weighted by Crippen LogP contribution is -2.55. The minimum atomic E-state index is 0.451. The Morgan fingerprint density at radius 1 is 1.25 bits per heavy atom. The number of nitrogens with zero attached hydrogens (tertiary/aromatic N) is 1. The quantitative estimate of drug-likeness (QED) is 0.772. The van der Waals surface area contributed by atoms with Gasteiger partial charge in [-0.15, -0.1) is 0 Å². The van der Waals surface area contributed by atoms with E-state index in [2.05, 4.69) is 31.0 Å². The van der Waals surface area contributed by atoms with Crippen molar-refractivity contribution in [3.63, 3.8) is 0 Å². The lowest BCUT2D eigenvalue weighted by Gasteiger charge is -2.44. The summed E-state index contributed by atoms with van der Waals surface area (Å²) in [6.45, 7) is 10.9. The fraction of sp³-hybridized carbons (Fsp3) is 1.00. The van der Waals surface area contributed by atoms with Crippen molar-refractivity contribution < 1.29 is 0 Å². The molecule has 94 valence electrons. The summed E-state index contributed by atoms with van der Waals surface area (Å²) in [6.07, 6.45) is 6.91. The van der Waals surface area contributed by atoms with Gasteiger partial charge in [0.25, 0.3) is 0 Å². The maximum atomic E-state index is 3.69. The highest BCUT2D eigenvalue weighted by Gasteiger charge is 2.43. The minimum absolute atomic E-state index is 0.451. The van der Waals surface area contributed by atoms with Crippen molar-refractivity contribution in [2.45, 2.75) is 64.5 Å². The second-order valence-corrected chi connectivity index (χ2v) is 6.17. The molecule has 16 heavy (non-hydrogen) atoms. The van der Waals surface area contributed by atoms with Gasteiger partial charge in [-0.3, -0.25) is 4.90 Å². The summed E-state index contributed by atoms with van der Waals surface area (Å²) in [6, 6.07) is 0.742. The number of hydrogen-bond acceptors (Lipinski definition) is 2. The van der Waals surface area contributed by atoms with Crippen LogP contribution in [0.15, 0.2) is 0 Å². The molecule has 1 saturated heterocycles. The van der Waals surface area contributed by atoms with E-state index in [9.17, 15) is 0 Å². The van der Waals surface area contributed by atoms with Crippen LogP contribution >= 0.6 is 0 Å². The van der Waals surface area contributed by atoms with Crippen LogP contribution < -0.4 is 5.32 Å². The molecule has 2 heteroatoms. The number of nitrogens with one attached hydrogen (secondary N) is 1. The van der Waals surface area contributed by atoms with E-state index in [1.807, 2.05) is 0 Å². The van der Waals surface area contributed by atoms with Crippen molar-refractivity contribution in [1.82, 2.24) is 10.2 Å². The van der Waals surface area contributed by atoms with Crippen LogP contribution in [0.25, 0.3) is 0 Å². The number of likely N-dealkylation sites (tertiary alicyclic amines) is 1. The molecular weight excluding hydrogens is 196 g/mol. The molecular formula is C14H28N2. The topological polar surface area (TPSA) is 15.3 Å². The van der Waals surface area contributed by atoms with Gasteiger partial charge in [0.05, 0.1) is 0 Å². The molecule has 1 heterocycles. The highest BCUT2D eigenvalue weighted by atomic mass is 15.2. The lowest BCUT2D eigenvalue weighted by atomic mass is 9.92. The first-order valence-electron chi connectivity index (χ1n) is 7.13. The van der Waals surface area contributed by atoms with Crippen LogP contribution in [0.1, 0.15) is 52.9 Å². The van der Waals surface area contributed by atoms with Crippen LogP contribution in [0.2, 0.25) is 0 Å². The molecule has 1 atom stereocenters. The smallest absolute Gasteiger partial charge is 0.0195 e. The van der Waals surface area contributed by atoms with E-state index < -0.39 is 0 Å². The third-order valence-electron chi connectivity index (χ3n) is 4.50. The van der Waals surface area contributed by atoms with E-state index in [1.165, 1.54) is 51.7 Å². The first-order valence-corrected chi connectivity index (χ1v) is 7.13. The zero-order valence-electron chi connectivity index (χ0n) is 11.3. The zero-order chi connectivity index (χ0) is 11.6. The van der Waals surface area contributed by atoms with Gasteiger partial charge < -0.3 is 5.32 Å². The average Bonchev–Trinajstić information content (AvgIpc) is 3.11. The van der Waals surface area contributed by atoms with Gasteiger partial charge in [-0.05, 0) is 65.0 Å². The fourth-order valence-corrected chi connectivity index (χ4v) is 3.06. The van der Waals surface area contributed by atoms with Crippen molar-refractivity contribution in [2.75, 3.05) is 19.6 Å². The van der Waals surface area contributed by atoms with E-state index in [-0.39, 0.29) is 0 Å². The third kappa shape index (κ3) is 2.78. The Balaban J connectivity index is 1.85. The number of hydrogen-bond donors (Lipinski definition) is 1. The second kappa shape index (κ2) is 5.05. The highest BCUT2D eigenvalue weighted by Crippen LogP contribution is 2.43. The normalized spacial score (nSPS) is 28.3. The van der Waals surface area contributed by atoms with E-state index in [0.717, 1.165) is 12.0 Å². The molecule has 0 bridgehead atoms. The SMILES string of the molecule is CCCNC1CCCN(C(C)(C)C2CC2)C1. The molecule has 2 fully saturated rings. The van der Waals surface area contributed by atoms with E-state index >= 15 is 0 Å². The van der Waals surface area contributed by atoms with Crippen LogP contribution in [0, 0.1) is 5.92 Å². The Morgan fingerprint density at radius 3 is 2.62 bits per heavy atom. The van der Waals surface area contributed by atoms with Gasteiger partial charge in [-0.2, -0.15) is 0 Å². The molecule has 1 aliphatic heterocycles. The number of piperidine rings is 1. The summed E-state index contributed by atoms with van der Waals surface area (Å²) >= 11 is 0. The van der Waals surface area contributed by atoms with Crippen LogP contribution in [0.4, 0.5) is 0 Å². The molecule has 1 unspecified atom stereocenters. The maximum Gasteiger partial charge on any atom is 0.0195 e. The molecule has 1 saturated carbocycles. The van der Waals surface area contributed by atoms with Gasteiger partial charge in [-0.25, -0.2) is 0 Å². The molecule has 0 radical (unpaired) electrons. The summed E-state index contributed by atoms with van der Waals surface area (Å²) in [5.41, 5.74) is 0.451. The van der Waals surface area contributed by atoms with Crippen molar-refractivity contribution in [3.05, 3.63) is 0 Å². The van der Waals surface area contributed by atoms with Gasteiger partial charge in [0.2, 0.25) is 0 Å². The van der Waals surface area contributed by atoms with E-state index in [4.69, 9.17) is 0 Å². The molecule has 0 spiro atoms. The van der Waals surface area contributed by atoms with Crippen LogP contribution in [-0.2, 0) is 0 Å². The molecule has 2 nitrogen and oxygen atoms in total. The first kappa shape index (κ1) is 12.4. The summed E-state index contributed by atoms with van der Waals surface area (Å²) in [4.78, 5) is 2.74. The van der Waals surface area contributed by atoms with Gasteiger partial charge in [0.1, 0.15) is 0 Å². The maximum absolute atomic E-state index is 3.69. The Labute approximate surface area is 101 Å². The van der Waals surface area contributed by atoms with E-state index in [1.54, 1.807) is 0 Å². The highest BCUT2D eigenvalue weighted by molar-refractivity contribution is 4.98. The van der Waals surface area contributed by atoms with Crippen LogP contribution in [0.3, 0.4) is 0 Å².